The highest BCUT2D eigenvalue weighted by Crippen LogP contribution is 2.31. The molecule has 0 aromatic heterocycles. The number of aldehydes is 1. The van der Waals surface area contributed by atoms with Crippen LogP contribution in [0.2, 0.25) is 0 Å². The first-order valence-electron chi connectivity index (χ1n) is 14.6. The fourth-order valence-corrected chi connectivity index (χ4v) is 5.59. The highest BCUT2D eigenvalue weighted by molar-refractivity contribution is 6.28. The Morgan fingerprint density at radius 1 is 1.00 bits per heavy atom. The molecule has 0 heterocycles. The van der Waals surface area contributed by atoms with Crippen LogP contribution in [0.1, 0.15) is 112 Å². The standard InChI is InChI=1S/C29H50N4O5/c1-7-22(25(36)30-21(23(35)19-34)18-20-14-13-15-20)33(9-3)26(37)24(28(4,5)8-2)31-27(38)32-29(6)16-11-10-12-17-29/h19-22,24H,7-18H2,1-6H3,(H,30,36)(H2,31,32,38). The van der Waals surface area contributed by atoms with Gasteiger partial charge in [-0.2, -0.15) is 0 Å². The van der Waals surface area contributed by atoms with Crippen LogP contribution < -0.4 is 16.0 Å². The van der Waals surface area contributed by atoms with Crippen LogP contribution in [0, 0.1) is 11.3 Å². The second-order valence-electron chi connectivity index (χ2n) is 12.2. The van der Waals surface area contributed by atoms with Crippen LogP contribution in [0.5, 0.6) is 0 Å². The molecule has 0 radical (unpaired) electrons. The molecular formula is C29H50N4O5. The lowest BCUT2D eigenvalue weighted by Crippen LogP contribution is -2.63. The van der Waals surface area contributed by atoms with E-state index in [0.717, 1.165) is 51.4 Å². The van der Waals surface area contributed by atoms with Gasteiger partial charge in [0, 0.05) is 12.1 Å². The summed E-state index contributed by atoms with van der Waals surface area (Å²) in [6, 6.07) is -2.92. The zero-order valence-electron chi connectivity index (χ0n) is 24.4. The average Bonchev–Trinajstić information content (AvgIpc) is 2.85. The molecule has 2 saturated carbocycles. The third-order valence-corrected chi connectivity index (χ3v) is 8.85. The van der Waals surface area contributed by atoms with Gasteiger partial charge in [0.2, 0.25) is 17.6 Å². The molecule has 3 atom stereocenters. The highest BCUT2D eigenvalue weighted by atomic mass is 16.2. The summed E-state index contributed by atoms with van der Waals surface area (Å²) in [5.41, 5.74) is -0.868. The number of hydrogen-bond acceptors (Lipinski definition) is 5. The van der Waals surface area contributed by atoms with Crippen LogP contribution in [0.4, 0.5) is 4.79 Å². The first-order chi connectivity index (χ1) is 17.9. The molecule has 3 N–H and O–H groups in total. The minimum absolute atomic E-state index is 0.261. The summed E-state index contributed by atoms with van der Waals surface area (Å²) >= 11 is 0. The molecule has 38 heavy (non-hydrogen) atoms. The van der Waals surface area contributed by atoms with Gasteiger partial charge in [0.25, 0.3) is 0 Å². The maximum Gasteiger partial charge on any atom is 0.315 e. The highest BCUT2D eigenvalue weighted by Gasteiger charge is 2.42. The van der Waals surface area contributed by atoms with Crippen molar-refractivity contribution in [2.75, 3.05) is 6.54 Å². The molecule has 9 heteroatoms. The van der Waals surface area contributed by atoms with Gasteiger partial charge in [-0.15, -0.1) is 0 Å². The molecule has 216 valence electrons. The maximum absolute atomic E-state index is 14.0. The minimum atomic E-state index is -0.879. The smallest absolute Gasteiger partial charge is 0.315 e. The van der Waals surface area contributed by atoms with Crippen molar-refractivity contribution in [3.05, 3.63) is 0 Å². The first-order valence-corrected chi connectivity index (χ1v) is 14.6. The van der Waals surface area contributed by atoms with Gasteiger partial charge in [0.1, 0.15) is 12.1 Å². The molecule has 0 aromatic carbocycles. The Balaban J connectivity index is 2.21. The number of hydrogen-bond donors (Lipinski definition) is 3. The summed E-state index contributed by atoms with van der Waals surface area (Å²) in [6.45, 7) is 11.8. The van der Waals surface area contributed by atoms with Gasteiger partial charge in [0.15, 0.2) is 6.29 Å². The molecule has 2 fully saturated rings. The van der Waals surface area contributed by atoms with E-state index < -0.39 is 35.2 Å². The topological polar surface area (TPSA) is 125 Å². The molecule has 0 aliphatic heterocycles. The number of nitrogens with zero attached hydrogens (tertiary/aromatic N) is 1. The number of carbonyl (C=O) groups excluding carboxylic acids is 5. The average molecular weight is 535 g/mol. The van der Waals surface area contributed by atoms with E-state index in [4.69, 9.17) is 0 Å². The van der Waals surface area contributed by atoms with Crippen LogP contribution >= 0.6 is 0 Å². The number of nitrogens with one attached hydrogen (secondary N) is 3. The lowest BCUT2D eigenvalue weighted by molar-refractivity contribution is -0.145. The number of Topliss-reactive ketones (excluding diaryl/α,β-unsaturated/α-hetero) is 1. The zero-order valence-corrected chi connectivity index (χ0v) is 24.4. The van der Waals surface area contributed by atoms with Crippen molar-refractivity contribution < 1.29 is 24.0 Å². The summed E-state index contributed by atoms with van der Waals surface area (Å²) in [5.74, 6) is -1.11. The third kappa shape index (κ3) is 8.27. The van der Waals surface area contributed by atoms with Crippen molar-refractivity contribution in [2.24, 2.45) is 11.3 Å². The molecule has 2 rings (SSSR count). The predicted octanol–water partition coefficient (Wildman–Crippen LogP) is 3.88. The molecule has 0 bridgehead atoms. The second kappa shape index (κ2) is 14.1. The SMILES string of the molecule is CCC(C(=O)NC(CC1CCC1)C(=O)C=O)N(CC)C(=O)C(NC(=O)NC1(C)CCCCC1)C(C)(C)CC. The summed E-state index contributed by atoms with van der Waals surface area (Å²) in [6.07, 6.45) is 9.81. The fraction of sp³-hybridized carbons (Fsp3) is 0.828. The van der Waals surface area contributed by atoms with Crippen LogP contribution in [-0.2, 0) is 19.2 Å². The Labute approximate surface area is 228 Å². The van der Waals surface area contributed by atoms with E-state index in [1.165, 1.54) is 4.90 Å². The number of urea groups is 1. The molecule has 0 aromatic rings. The maximum atomic E-state index is 14.0. The van der Waals surface area contributed by atoms with Crippen molar-refractivity contribution in [3.63, 3.8) is 0 Å². The zero-order chi connectivity index (χ0) is 28.5. The minimum Gasteiger partial charge on any atom is -0.344 e. The van der Waals surface area contributed by atoms with Gasteiger partial charge < -0.3 is 20.9 Å². The molecule has 0 spiro atoms. The molecule has 2 aliphatic carbocycles. The second-order valence-corrected chi connectivity index (χ2v) is 12.2. The number of likely N-dealkylation sites (N-methyl/N-ethyl adjacent to an activating group) is 1. The molecule has 3 unspecified atom stereocenters. The normalized spacial score (nSPS) is 19.7. The number of ketones is 1. The van der Waals surface area contributed by atoms with Crippen LogP contribution in [0.3, 0.4) is 0 Å². The van der Waals surface area contributed by atoms with Gasteiger partial charge in [-0.3, -0.25) is 19.2 Å². The fourth-order valence-electron chi connectivity index (χ4n) is 5.59. The number of amides is 4. The van der Waals surface area contributed by atoms with E-state index in [1.54, 1.807) is 6.92 Å². The third-order valence-electron chi connectivity index (χ3n) is 8.85. The monoisotopic (exact) mass is 534 g/mol. The van der Waals surface area contributed by atoms with E-state index in [-0.39, 0.29) is 30.3 Å². The van der Waals surface area contributed by atoms with Gasteiger partial charge >= 0.3 is 6.03 Å². The Morgan fingerprint density at radius 2 is 1.63 bits per heavy atom. The largest absolute Gasteiger partial charge is 0.344 e. The Bertz CT molecular complexity index is 848. The summed E-state index contributed by atoms with van der Waals surface area (Å²) in [7, 11) is 0. The predicted molar refractivity (Wildman–Crippen MR) is 147 cm³/mol. The lowest BCUT2D eigenvalue weighted by atomic mass is 9.80. The Hall–Kier alpha value is -2.45. The van der Waals surface area contributed by atoms with Crippen molar-refractivity contribution in [1.82, 2.24) is 20.9 Å². The van der Waals surface area contributed by atoms with Gasteiger partial charge in [-0.05, 0) is 57.3 Å². The molecular weight excluding hydrogens is 484 g/mol. The van der Waals surface area contributed by atoms with Crippen molar-refractivity contribution in [1.29, 1.82) is 0 Å². The van der Waals surface area contributed by atoms with Gasteiger partial charge in [-0.25, -0.2) is 4.79 Å². The Morgan fingerprint density at radius 3 is 2.11 bits per heavy atom. The van der Waals surface area contributed by atoms with Crippen molar-refractivity contribution in [2.45, 2.75) is 136 Å². The summed E-state index contributed by atoms with van der Waals surface area (Å²) < 4.78 is 0. The first kappa shape index (κ1) is 31.8. The lowest BCUT2D eigenvalue weighted by Gasteiger charge is -2.40. The van der Waals surface area contributed by atoms with Crippen LogP contribution in [-0.4, -0.2) is 65.0 Å². The molecule has 0 saturated heterocycles. The summed E-state index contributed by atoms with van der Waals surface area (Å²) in [4.78, 5) is 65.5. The molecule has 2 aliphatic rings. The molecule has 9 nitrogen and oxygen atoms in total. The van der Waals surface area contributed by atoms with Gasteiger partial charge in [-0.1, -0.05) is 66.2 Å². The van der Waals surface area contributed by atoms with E-state index in [1.807, 2.05) is 34.6 Å². The van der Waals surface area contributed by atoms with Gasteiger partial charge in [0.05, 0.1) is 6.04 Å². The number of rotatable bonds is 14. The van der Waals surface area contributed by atoms with Crippen LogP contribution in [0.15, 0.2) is 0 Å². The number of carbonyl (C=O) groups is 5. The van der Waals surface area contributed by atoms with Crippen molar-refractivity contribution >= 4 is 29.9 Å². The van der Waals surface area contributed by atoms with Crippen LogP contribution in [0.25, 0.3) is 0 Å². The van der Waals surface area contributed by atoms with E-state index >= 15 is 0 Å². The quantitative estimate of drug-likeness (QED) is 0.230. The Kier molecular flexibility index (Phi) is 11.8. The van der Waals surface area contributed by atoms with E-state index in [0.29, 0.717) is 25.2 Å². The van der Waals surface area contributed by atoms with Crippen molar-refractivity contribution in [3.8, 4) is 0 Å². The van der Waals surface area contributed by atoms with E-state index in [2.05, 4.69) is 16.0 Å². The molecule has 4 amide bonds. The summed E-state index contributed by atoms with van der Waals surface area (Å²) in [5, 5.41) is 8.82. The van der Waals surface area contributed by atoms with E-state index in [9.17, 15) is 24.0 Å².